The molecule has 4 nitrogen and oxygen atoms in total. The van der Waals surface area contributed by atoms with Gasteiger partial charge in [-0.1, -0.05) is 78.9 Å². The lowest BCUT2D eigenvalue weighted by Crippen LogP contribution is -2.43. The van der Waals surface area contributed by atoms with Crippen LogP contribution in [-0.4, -0.2) is 17.4 Å². The van der Waals surface area contributed by atoms with E-state index in [1.165, 1.54) is 0 Å². The number of amides is 1. The summed E-state index contributed by atoms with van der Waals surface area (Å²) in [6.45, 7) is 4.75. The van der Waals surface area contributed by atoms with Crippen LogP contribution >= 0.6 is 0 Å². The Kier molecular flexibility index (Phi) is 5.34. The molecule has 0 bridgehead atoms. The number of carbonyl (C=O) groups excluding carboxylic acids is 1. The molecule has 1 atom stereocenters. The molecule has 32 heavy (non-hydrogen) atoms. The molecule has 1 N–H and O–H groups in total. The minimum Gasteiger partial charge on any atom is -0.488 e. The van der Waals surface area contributed by atoms with Gasteiger partial charge in [0, 0.05) is 17.8 Å². The summed E-state index contributed by atoms with van der Waals surface area (Å²) in [7, 11) is 0. The topological polar surface area (TPSA) is 41.6 Å². The van der Waals surface area contributed by atoms with Crippen LogP contribution < -0.4 is 10.1 Å². The predicted molar refractivity (Wildman–Crippen MR) is 129 cm³/mol. The van der Waals surface area contributed by atoms with Crippen LogP contribution in [0.25, 0.3) is 10.8 Å². The van der Waals surface area contributed by atoms with Crippen molar-refractivity contribution in [3.05, 3.63) is 120 Å². The molecule has 1 aliphatic rings. The molecule has 158 valence electrons. The maximum Gasteiger partial charge on any atom is 0.258 e. The van der Waals surface area contributed by atoms with E-state index in [1.54, 1.807) is 6.08 Å². The fourth-order valence-corrected chi connectivity index (χ4v) is 4.27. The van der Waals surface area contributed by atoms with Crippen molar-refractivity contribution in [2.45, 2.75) is 12.8 Å². The fourth-order valence-electron chi connectivity index (χ4n) is 4.27. The van der Waals surface area contributed by atoms with Gasteiger partial charge in [0.15, 0.2) is 0 Å². The number of nitrogens with zero attached hydrogens (tertiary/aromatic N) is 1. The van der Waals surface area contributed by atoms with E-state index < -0.39 is 0 Å². The summed E-state index contributed by atoms with van der Waals surface area (Å²) < 4.78 is 6.33. The first-order chi connectivity index (χ1) is 15.8. The van der Waals surface area contributed by atoms with E-state index in [9.17, 15) is 4.79 Å². The normalized spacial score (nSPS) is 15.2. The molecule has 0 fully saturated rings. The smallest absolute Gasteiger partial charge is 0.258 e. The lowest BCUT2D eigenvalue weighted by atomic mass is 9.97. The zero-order valence-corrected chi connectivity index (χ0v) is 17.7. The largest absolute Gasteiger partial charge is 0.488 e. The van der Waals surface area contributed by atoms with Gasteiger partial charge in [0.05, 0.1) is 5.56 Å². The Morgan fingerprint density at radius 3 is 2.50 bits per heavy atom. The van der Waals surface area contributed by atoms with Crippen molar-refractivity contribution in [1.29, 1.82) is 0 Å². The lowest BCUT2D eigenvalue weighted by molar-refractivity contribution is 0.0706. The van der Waals surface area contributed by atoms with Crippen LogP contribution in [0.15, 0.2) is 104 Å². The Morgan fingerprint density at radius 1 is 0.906 bits per heavy atom. The zero-order chi connectivity index (χ0) is 21.9. The van der Waals surface area contributed by atoms with Crippen LogP contribution in [0.3, 0.4) is 0 Å². The number of hydrogen-bond donors (Lipinski definition) is 1. The number of fused-ring (bicyclic) bond motifs is 2. The first kappa shape index (κ1) is 19.9. The van der Waals surface area contributed by atoms with Gasteiger partial charge in [0.25, 0.3) is 5.91 Å². The summed E-state index contributed by atoms with van der Waals surface area (Å²) in [4.78, 5) is 15.2. The highest BCUT2D eigenvalue weighted by atomic mass is 16.5. The molecule has 4 aromatic carbocycles. The Balaban J connectivity index is 1.63. The maximum absolute atomic E-state index is 13.4. The SMILES string of the molecule is C=CCN1C(=O)c2ccccc2NC1c1c(OCc2ccccc2)ccc2ccccc12. The van der Waals surface area contributed by atoms with E-state index in [-0.39, 0.29) is 12.1 Å². The highest BCUT2D eigenvalue weighted by Gasteiger charge is 2.34. The predicted octanol–water partition coefficient (Wildman–Crippen LogP) is 6.17. The molecule has 0 saturated heterocycles. The molecule has 1 heterocycles. The highest BCUT2D eigenvalue weighted by molar-refractivity contribution is 6.02. The van der Waals surface area contributed by atoms with E-state index >= 15 is 0 Å². The van der Waals surface area contributed by atoms with E-state index in [0.717, 1.165) is 33.3 Å². The summed E-state index contributed by atoms with van der Waals surface area (Å²) in [5, 5.41) is 5.74. The van der Waals surface area contributed by atoms with Gasteiger partial charge in [0.2, 0.25) is 0 Å². The number of hydrogen-bond acceptors (Lipinski definition) is 3. The van der Waals surface area contributed by atoms with E-state index in [4.69, 9.17) is 4.74 Å². The van der Waals surface area contributed by atoms with Gasteiger partial charge >= 0.3 is 0 Å². The monoisotopic (exact) mass is 420 g/mol. The Hall–Kier alpha value is -4.05. The van der Waals surface area contributed by atoms with Gasteiger partial charge in [-0.3, -0.25) is 4.79 Å². The van der Waals surface area contributed by atoms with Crippen LogP contribution in [0.1, 0.15) is 27.7 Å². The van der Waals surface area contributed by atoms with Crippen LogP contribution in [-0.2, 0) is 6.61 Å². The second-order valence-corrected chi connectivity index (χ2v) is 7.81. The summed E-state index contributed by atoms with van der Waals surface area (Å²) in [5.74, 6) is 0.734. The number of para-hydroxylation sites is 1. The molecule has 1 amide bonds. The fraction of sp³-hybridized carbons (Fsp3) is 0.107. The molecule has 5 rings (SSSR count). The van der Waals surface area contributed by atoms with Gasteiger partial charge in [-0.25, -0.2) is 0 Å². The Labute approximate surface area is 187 Å². The minimum atomic E-state index is -0.382. The van der Waals surface area contributed by atoms with Gasteiger partial charge in [-0.15, -0.1) is 6.58 Å². The van der Waals surface area contributed by atoms with Gasteiger partial charge < -0.3 is 15.0 Å². The van der Waals surface area contributed by atoms with Crippen LogP contribution in [0.4, 0.5) is 5.69 Å². The molecule has 0 aliphatic carbocycles. The molecular formula is C28H24N2O2. The standard InChI is InChI=1S/C28H24N2O2/c1-2-18-30-27(29-24-15-9-8-14-23(24)28(30)31)26-22-13-7-6-12-21(22)16-17-25(26)32-19-20-10-4-3-5-11-20/h2-17,27,29H,1,18-19H2. The second-order valence-electron chi connectivity index (χ2n) is 7.81. The summed E-state index contributed by atoms with van der Waals surface area (Å²) in [6.07, 6.45) is 1.38. The number of anilines is 1. The van der Waals surface area contributed by atoms with Crippen LogP contribution in [0.5, 0.6) is 5.75 Å². The molecule has 0 saturated carbocycles. The molecule has 4 heteroatoms. The quantitative estimate of drug-likeness (QED) is 0.379. The molecule has 0 radical (unpaired) electrons. The minimum absolute atomic E-state index is 0.0220. The summed E-state index contributed by atoms with van der Waals surface area (Å²) in [5.41, 5.74) is 3.53. The van der Waals surface area contributed by atoms with Crippen LogP contribution in [0.2, 0.25) is 0 Å². The van der Waals surface area contributed by atoms with Crippen molar-refractivity contribution in [2.24, 2.45) is 0 Å². The third-order valence-corrected chi connectivity index (χ3v) is 5.79. The average molecular weight is 421 g/mol. The molecule has 1 unspecified atom stereocenters. The van der Waals surface area contributed by atoms with E-state index in [0.29, 0.717) is 18.7 Å². The van der Waals surface area contributed by atoms with Crippen molar-refractivity contribution in [1.82, 2.24) is 4.90 Å². The lowest BCUT2D eigenvalue weighted by Gasteiger charge is -2.38. The Bertz CT molecular complexity index is 1280. The molecule has 4 aromatic rings. The van der Waals surface area contributed by atoms with Gasteiger partial charge in [-0.2, -0.15) is 0 Å². The number of rotatable bonds is 6. The number of nitrogens with one attached hydrogen (secondary N) is 1. The van der Waals surface area contributed by atoms with Crippen molar-refractivity contribution in [3.63, 3.8) is 0 Å². The van der Waals surface area contributed by atoms with Gasteiger partial charge in [-0.05, 0) is 34.5 Å². The highest BCUT2D eigenvalue weighted by Crippen LogP contribution is 2.40. The number of ether oxygens (including phenoxy) is 1. The summed E-state index contributed by atoms with van der Waals surface area (Å²) >= 11 is 0. The third kappa shape index (κ3) is 3.60. The number of carbonyl (C=O) groups is 1. The first-order valence-corrected chi connectivity index (χ1v) is 10.7. The van der Waals surface area contributed by atoms with Crippen LogP contribution in [0, 0.1) is 0 Å². The van der Waals surface area contributed by atoms with Crippen molar-refractivity contribution >= 4 is 22.4 Å². The maximum atomic E-state index is 13.4. The third-order valence-electron chi connectivity index (χ3n) is 5.79. The molecule has 0 spiro atoms. The second kappa shape index (κ2) is 8.60. The van der Waals surface area contributed by atoms with E-state index in [1.807, 2.05) is 77.7 Å². The molecule has 0 aromatic heterocycles. The summed E-state index contributed by atoms with van der Waals surface area (Å²) in [6, 6.07) is 30.0. The average Bonchev–Trinajstić information content (AvgIpc) is 2.85. The number of benzene rings is 4. The van der Waals surface area contributed by atoms with E-state index in [2.05, 4.69) is 30.1 Å². The van der Waals surface area contributed by atoms with Crippen molar-refractivity contribution in [3.8, 4) is 5.75 Å². The first-order valence-electron chi connectivity index (χ1n) is 10.7. The van der Waals surface area contributed by atoms with Crippen molar-refractivity contribution < 1.29 is 9.53 Å². The zero-order valence-electron chi connectivity index (χ0n) is 17.7. The molecular weight excluding hydrogens is 396 g/mol. The Morgan fingerprint density at radius 2 is 1.66 bits per heavy atom. The molecule has 1 aliphatic heterocycles. The van der Waals surface area contributed by atoms with Gasteiger partial charge in [0.1, 0.15) is 18.5 Å². The van der Waals surface area contributed by atoms with Crippen molar-refractivity contribution in [2.75, 3.05) is 11.9 Å².